The molecule has 0 radical (unpaired) electrons. The van der Waals surface area contributed by atoms with Gasteiger partial charge in [0.2, 0.25) is 5.16 Å². The van der Waals surface area contributed by atoms with Crippen LogP contribution in [0, 0.1) is 0 Å². The van der Waals surface area contributed by atoms with Crippen LogP contribution in [0.25, 0.3) is 22.3 Å². The Morgan fingerprint density at radius 2 is 1.76 bits per heavy atom. The molecule has 2 N–H and O–H groups in total. The van der Waals surface area contributed by atoms with Crippen LogP contribution in [0.4, 0.5) is 5.69 Å². The van der Waals surface area contributed by atoms with E-state index in [0.717, 1.165) is 44.4 Å². The molecule has 8 nitrogen and oxygen atoms in total. The van der Waals surface area contributed by atoms with E-state index in [9.17, 15) is 5.11 Å². The minimum atomic E-state index is 0.193. The Morgan fingerprint density at radius 1 is 0.912 bits per heavy atom. The molecule has 166 valence electrons. The van der Waals surface area contributed by atoms with Crippen LogP contribution >= 0.6 is 11.8 Å². The summed E-state index contributed by atoms with van der Waals surface area (Å²) in [5, 5.41) is 28.7. The lowest BCUT2D eigenvalue weighted by molar-refractivity contribution is 0.480. The first kappa shape index (κ1) is 20.4. The molecule has 0 fully saturated rings. The highest BCUT2D eigenvalue weighted by atomic mass is 32.2. The number of thioether (sulfide) groups is 1. The van der Waals surface area contributed by atoms with Gasteiger partial charge in [-0.2, -0.15) is 9.78 Å². The number of phenols is 1. The van der Waals surface area contributed by atoms with Gasteiger partial charge in [0.15, 0.2) is 5.82 Å². The van der Waals surface area contributed by atoms with Crippen molar-refractivity contribution in [1.29, 1.82) is 0 Å². The van der Waals surface area contributed by atoms with Gasteiger partial charge in [-0.25, -0.2) is 0 Å². The molecule has 0 aliphatic carbocycles. The summed E-state index contributed by atoms with van der Waals surface area (Å²) < 4.78 is 1.80. The van der Waals surface area contributed by atoms with Crippen LogP contribution in [0.3, 0.4) is 0 Å². The van der Waals surface area contributed by atoms with E-state index in [-0.39, 0.29) is 5.75 Å². The van der Waals surface area contributed by atoms with Crippen molar-refractivity contribution in [3.8, 4) is 17.1 Å². The smallest absolute Gasteiger partial charge is 0.212 e. The first-order chi connectivity index (χ1) is 16.8. The molecule has 3 aromatic heterocycles. The van der Waals surface area contributed by atoms with Crippen LogP contribution in [0.2, 0.25) is 0 Å². The zero-order valence-electron chi connectivity index (χ0n) is 18.0. The molecule has 1 aliphatic heterocycles. The number of aromatic nitrogens is 5. The maximum Gasteiger partial charge on any atom is 0.212 e. The zero-order valence-corrected chi connectivity index (χ0v) is 18.8. The van der Waals surface area contributed by atoms with E-state index in [0.29, 0.717) is 17.9 Å². The molecule has 0 spiro atoms. The van der Waals surface area contributed by atoms with Gasteiger partial charge in [0.1, 0.15) is 11.3 Å². The number of pyridine rings is 2. The third-order valence-corrected chi connectivity index (χ3v) is 6.58. The monoisotopic (exact) mass is 465 g/mol. The van der Waals surface area contributed by atoms with Crippen molar-refractivity contribution in [2.45, 2.75) is 11.7 Å². The van der Waals surface area contributed by atoms with Gasteiger partial charge in [0, 0.05) is 47.5 Å². The molecule has 2 aromatic carbocycles. The second-order valence-electron chi connectivity index (χ2n) is 7.76. The average Bonchev–Trinajstić information content (AvgIpc) is 3.33. The van der Waals surface area contributed by atoms with Gasteiger partial charge in [-0.3, -0.25) is 9.97 Å². The van der Waals surface area contributed by atoms with Gasteiger partial charge >= 0.3 is 0 Å². The van der Waals surface area contributed by atoms with Crippen molar-refractivity contribution >= 4 is 34.1 Å². The molecule has 0 unspecified atom stereocenters. The predicted octanol–water partition coefficient (Wildman–Crippen LogP) is 4.56. The first-order valence-corrected chi connectivity index (χ1v) is 11.7. The number of aromatic hydroxyl groups is 1. The molecule has 0 amide bonds. The van der Waals surface area contributed by atoms with Crippen molar-refractivity contribution in [3.63, 3.8) is 0 Å². The highest BCUT2D eigenvalue weighted by Crippen LogP contribution is 2.29. The summed E-state index contributed by atoms with van der Waals surface area (Å²) in [6.07, 6.45) is 5.16. The fourth-order valence-electron chi connectivity index (χ4n) is 3.90. The Labute approximate surface area is 199 Å². The quantitative estimate of drug-likeness (QED) is 0.392. The Balaban J connectivity index is 1.22. The molecule has 34 heavy (non-hydrogen) atoms. The summed E-state index contributed by atoms with van der Waals surface area (Å²) in [5.74, 6) is 1.63. The van der Waals surface area contributed by atoms with Crippen molar-refractivity contribution in [2.24, 2.45) is 5.10 Å². The summed E-state index contributed by atoms with van der Waals surface area (Å²) in [5.41, 5.74) is 5.63. The standard InChI is InChI=1S/C25H19N7OS/c33-22-8-5-18(20-2-1-11-27-23(20)22)14-28-19-6-3-16(4-7-19)21-15-34-25-30-29-24(32(25)31-21)17-9-12-26-13-10-17/h1-13,28,33H,14-15H2. The third-order valence-electron chi connectivity index (χ3n) is 5.65. The summed E-state index contributed by atoms with van der Waals surface area (Å²) in [6.45, 7) is 0.623. The van der Waals surface area contributed by atoms with Crippen LogP contribution in [-0.2, 0) is 6.54 Å². The van der Waals surface area contributed by atoms with Crippen LogP contribution in [-0.4, -0.2) is 41.4 Å². The average molecular weight is 466 g/mol. The minimum Gasteiger partial charge on any atom is -0.506 e. The molecule has 5 aromatic rings. The molecule has 0 saturated heterocycles. The lowest BCUT2D eigenvalue weighted by Gasteiger charge is -2.15. The molecular weight excluding hydrogens is 446 g/mol. The second-order valence-corrected chi connectivity index (χ2v) is 8.71. The molecule has 0 saturated carbocycles. The van der Waals surface area contributed by atoms with Crippen LogP contribution in [0.15, 0.2) is 89.5 Å². The highest BCUT2D eigenvalue weighted by molar-refractivity contribution is 7.99. The number of nitrogens with one attached hydrogen (secondary N) is 1. The van der Waals surface area contributed by atoms with Gasteiger partial charge in [-0.15, -0.1) is 10.2 Å². The van der Waals surface area contributed by atoms with E-state index in [4.69, 9.17) is 5.10 Å². The van der Waals surface area contributed by atoms with E-state index >= 15 is 0 Å². The normalized spacial score (nSPS) is 12.9. The topological polar surface area (TPSA) is 101 Å². The Hall–Kier alpha value is -4.24. The third kappa shape index (κ3) is 3.75. The summed E-state index contributed by atoms with van der Waals surface area (Å²) in [7, 11) is 0. The maximum absolute atomic E-state index is 10.1. The van der Waals surface area contributed by atoms with E-state index in [1.54, 1.807) is 41.1 Å². The lowest BCUT2D eigenvalue weighted by Crippen LogP contribution is -2.14. The molecule has 6 rings (SSSR count). The Kier molecular flexibility index (Phi) is 5.15. The van der Waals surface area contributed by atoms with Crippen LogP contribution < -0.4 is 5.32 Å². The number of phenolic OH excluding ortho intramolecular Hbond substituents is 1. The van der Waals surface area contributed by atoms with E-state index < -0.39 is 0 Å². The maximum atomic E-state index is 10.1. The number of nitrogens with zero attached hydrogens (tertiary/aromatic N) is 6. The molecule has 4 heterocycles. The number of benzene rings is 2. The number of hydrogen-bond donors (Lipinski definition) is 2. The van der Waals surface area contributed by atoms with Crippen molar-refractivity contribution in [1.82, 2.24) is 24.8 Å². The fraction of sp³-hybridized carbons (Fsp3) is 0.0800. The Morgan fingerprint density at radius 3 is 2.62 bits per heavy atom. The van der Waals surface area contributed by atoms with E-state index in [1.165, 1.54) is 0 Å². The largest absolute Gasteiger partial charge is 0.506 e. The number of hydrogen-bond acceptors (Lipinski definition) is 8. The highest BCUT2D eigenvalue weighted by Gasteiger charge is 2.20. The zero-order chi connectivity index (χ0) is 22.9. The summed E-state index contributed by atoms with van der Waals surface area (Å²) in [6, 6.07) is 19.5. The summed E-state index contributed by atoms with van der Waals surface area (Å²) >= 11 is 1.62. The molecule has 0 bridgehead atoms. The van der Waals surface area contributed by atoms with Crippen molar-refractivity contribution in [3.05, 3.63) is 90.4 Å². The minimum absolute atomic E-state index is 0.193. The number of anilines is 1. The van der Waals surface area contributed by atoms with E-state index in [2.05, 4.69) is 49.7 Å². The van der Waals surface area contributed by atoms with Gasteiger partial charge in [0.05, 0.1) is 5.71 Å². The summed E-state index contributed by atoms with van der Waals surface area (Å²) in [4.78, 5) is 8.36. The van der Waals surface area contributed by atoms with Gasteiger partial charge < -0.3 is 10.4 Å². The number of rotatable bonds is 5. The fourth-order valence-corrected chi connectivity index (χ4v) is 4.74. The van der Waals surface area contributed by atoms with Crippen LogP contribution in [0.5, 0.6) is 5.75 Å². The second kappa shape index (κ2) is 8.60. The van der Waals surface area contributed by atoms with E-state index in [1.807, 2.05) is 30.3 Å². The molecular formula is C25H19N7OS. The first-order valence-electron chi connectivity index (χ1n) is 10.7. The molecule has 9 heteroatoms. The SMILES string of the molecule is Oc1ccc(CNc2ccc(C3=Nn4c(nnc4-c4ccncc4)SC3)cc2)c2cccnc12. The van der Waals surface area contributed by atoms with Crippen molar-refractivity contribution in [2.75, 3.05) is 11.1 Å². The molecule has 1 aliphatic rings. The van der Waals surface area contributed by atoms with Crippen LogP contribution in [0.1, 0.15) is 11.1 Å². The predicted molar refractivity (Wildman–Crippen MR) is 133 cm³/mol. The lowest BCUT2D eigenvalue weighted by atomic mass is 10.1. The molecule has 0 atom stereocenters. The van der Waals surface area contributed by atoms with Gasteiger partial charge in [-0.05, 0) is 47.5 Å². The van der Waals surface area contributed by atoms with Gasteiger partial charge in [-0.1, -0.05) is 36.0 Å². The van der Waals surface area contributed by atoms with Gasteiger partial charge in [0.25, 0.3) is 0 Å². The number of fused-ring (bicyclic) bond motifs is 2. The Bertz CT molecular complexity index is 1510. The van der Waals surface area contributed by atoms with Crippen molar-refractivity contribution < 1.29 is 5.11 Å².